The lowest BCUT2D eigenvalue weighted by molar-refractivity contribution is -0.384. The number of ether oxygens (including phenoxy) is 1. The molecule has 0 unspecified atom stereocenters. The van der Waals surface area contributed by atoms with Gasteiger partial charge in [-0.05, 0) is 22.0 Å². The monoisotopic (exact) mass is 288 g/mol. The molecule has 0 fully saturated rings. The fourth-order valence-corrected chi connectivity index (χ4v) is 1.32. The van der Waals surface area contributed by atoms with Crippen molar-refractivity contribution in [2.24, 2.45) is 0 Å². The Hall–Kier alpha value is -1.63. The fraction of sp³-hybridized carbons (Fsp3) is 0.222. The molecule has 0 N–H and O–H groups in total. The Bertz CT molecular complexity index is 434. The molecule has 0 spiro atoms. The molecule has 1 aromatic rings. The topological polar surface area (TPSA) is 72.7 Å². The standard InChI is InChI=1S/C9H9BrN2O4/c1-11(2)9(13)16-8-4-3-6(12(14)15)5-7(8)10/h3-5H,1-2H3. The van der Waals surface area contributed by atoms with Crippen LogP contribution in [-0.2, 0) is 0 Å². The molecule has 0 bridgehead atoms. The van der Waals surface area contributed by atoms with Gasteiger partial charge in [0, 0.05) is 26.2 Å². The minimum atomic E-state index is -0.547. The molecule has 1 aromatic carbocycles. The van der Waals surface area contributed by atoms with E-state index in [2.05, 4.69) is 15.9 Å². The lowest BCUT2D eigenvalue weighted by Gasteiger charge is -2.11. The van der Waals surface area contributed by atoms with Gasteiger partial charge in [-0.2, -0.15) is 0 Å². The summed E-state index contributed by atoms with van der Waals surface area (Å²) >= 11 is 3.09. The predicted molar refractivity (Wildman–Crippen MR) is 60.5 cm³/mol. The van der Waals surface area contributed by atoms with Crippen LogP contribution in [0.5, 0.6) is 5.75 Å². The van der Waals surface area contributed by atoms with E-state index in [0.717, 1.165) is 0 Å². The number of amides is 1. The first-order valence-electron chi connectivity index (χ1n) is 4.25. The number of rotatable bonds is 2. The van der Waals surface area contributed by atoms with E-state index in [9.17, 15) is 14.9 Å². The highest BCUT2D eigenvalue weighted by Crippen LogP contribution is 2.29. The van der Waals surface area contributed by atoms with E-state index in [1.165, 1.54) is 23.1 Å². The third-order valence-corrected chi connectivity index (χ3v) is 2.31. The summed E-state index contributed by atoms with van der Waals surface area (Å²) in [6.07, 6.45) is -0.547. The SMILES string of the molecule is CN(C)C(=O)Oc1ccc([N+](=O)[O-])cc1Br. The maximum Gasteiger partial charge on any atom is 0.414 e. The molecule has 0 aliphatic rings. The van der Waals surface area contributed by atoms with Gasteiger partial charge < -0.3 is 9.64 Å². The van der Waals surface area contributed by atoms with Gasteiger partial charge in [-0.15, -0.1) is 0 Å². The first-order chi connectivity index (χ1) is 7.41. The molecule has 0 atom stereocenters. The molecule has 7 heteroatoms. The first kappa shape index (κ1) is 12.4. The molecule has 0 saturated carbocycles. The number of carbonyl (C=O) groups excluding carboxylic acids is 1. The van der Waals surface area contributed by atoms with Crippen LogP contribution < -0.4 is 4.74 Å². The number of carbonyl (C=O) groups is 1. The van der Waals surface area contributed by atoms with Crippen LogP contribution in [0.2, 0.25) is 0 Å². The second-order valence-corrected chi connectivity index (χ2v) is 3.99. The van der Waals surface area contributed by atoms with E-state index in [1.54, 1.807) is 14.1 Å². The van der Waals surface area contributed by atoms with Gasteiger partial charge in [-0.3, -0.25) is 10.1 Å². The number of hydrogen-bond donors (Lipinski definition) is 0. The van der Waals surface area contributed by atoms with Gasteiger partial charge in [-0.25, -0.2) is 4.79 Å². The molecular weight excluding hydrogens is 280 g/mol. The first-order valence-corrected chi connectivity index (χ1v) is 5.04. The Balaban J connectivity index is 2.91. The Morgan fingerprint density at radius 1 is 1.50 bits per heavy atom. The Labute approximate surface area is 100 Å². The molecule has 0 heterocycles. The summed E-state index contributed by atoms with van der Waals surface area (Å²) in [5.74, 6) is 0.240. The van der Waals surface area contributed by atoms with Crippen molar-refractivity contribution in [2.45, 2.75) is 0 Å². The van der Waals surface area contributed by atoms with E-state index in [4.69, 9.17) is 4.74 Å². The average molecular weight is 289 g/mol. The van der Waals surface area contributed by atoms with E-state index >= 15 is 0 Å². The van der Waals surface area contributed by atoms with Crippen molar-refractivity contribution >= 4 is 27.7 Å². The molecule has 16 heavy (non-hydrogen) atoms. The van der Waals surface area contributed by atoms with E-state index in [0.29, 0.717) is 4.47 Å². The van der Waals surface area contributed by atoms with Crippen molar-refractivity contribution < 1.29 is 14.5 Å². The van der Waals surface area contributed by atoms with Gasteiger partial charge in [0.2, 0.25) is 0 Å². The average Bonchev–Trinajstić information content (AvgIpc) is 2.20. The Morgan fingerprint density at radius 3 is 2.56 bits per heavy atom. The van der Waals surface area contributed by atoms with Crippen LogP contribution >= 0.6 is 15.9 Å². The molecule has 0 saturated heterocycles. The van der Waals surface area contributed by atoms with E-state index in [1.807, 2.05) is 0 Å². The largest absolute Gasteiger partial charge is 0.414 e. The van der Waals surface area contributed by atoms with Crippen LogP contribution in [0.1, 0.15) is 0 Å². The normalized spacial score (nSPS) is 9.69. The lowest BCUT2D eigenvalue weighted by atomic mass is 10.3. The van der Waals surface area contributed by atoms with Crippen molar-refractivity contribution in [3.05, 3.63) is 32.8 Å². The Kier molecular flexibility index (Phi) is 3.83. The van der Waals surface area contributed by atoms with Crippen LogP contribution in [0.25, 0.3) is 0 Å². The van der Waals surface area contributed by atoms with E-state index in [-0.39, 0.29) is 11.4 Å². The molecule has 0 aliphatic heterocycles. The van der Waals surface area contributed by atoms with Crippen molar-refractivity contribution in [1.29, 1.82) is 0 Å². The van der Waals surface area contributed by atoms with E-state index < -0.39 is 11.0 Å². The second kappa shape index (κ2) is 4.93. The summed E-state index contributed by atoms with van der Waals surface area (Å²) in [4.78, 5) is 22.4. The lowest BCUT2D eigenvalue weighted by Crippen LogP contribution is -2.25. The van der Waals surface area contributed by atoms with Gasteiger partial charge in [0.05, 0.1) is 9.40 Å². The number of nitrogens with zero attached hydrogens (tertiary/aromatic N) is 2. The quantitative estimate of drug-likeness (QED) is 0.619. The van der Waals surface area contributed by atoms with Crippen LogP contribution in [-0.4, -0.2) is 30.0 Å². The molecule has 0 aromatic heterocycles. The fourth-order valence-electron chi connectivity index (χ4n) is 0.871. The number of halogens is 1. The minimum absolute atomic E-state index is 0.0727. The molecule has 86 valence electrons. The van der Waals surface area contributed by atoms with Crippen LogP contribution in [0.4, 0.5) is 10.5 Å². The third-order valence-electron chi connectivity index (χ3n) is 1.69. The summed E-state index contributed by atoms with van der Waals surface area (Å²) in [6, 6.07) is 3.91. The molecular formula is C9H9BrN2O4. The minimum Gasteiger partial charge on any atom is -0.409 e. The summed E-state index contributed by atoms with van der Waals surface area (Å²) in [6.45, 7) is 0. The van der Waals surface area contributed by atoms with Crippen molar-refractivity contribution in [3.63, 3.8) is 0 Å². The summed E-state index contributed by atoms with van der Waals surface area (Å²) in [7, 11) is 3.09. The van der Waals surface area contributed by atoms with Crippen LogP contribution in [0.3, 0.4) is 0 Å². The van der Waals surface area contributed by atoms with Crippen molar-refractivity contribution in [3.8, 4) is 5.75 Å². The zero-order valence-corrected chi connectivity index (χ0v) is 10.2. The zero-order chi connectivity index (χ0) is 12.3. The van der Waals surface area contributed by atoms with Crippen molar-refractivity contribution in [1.82, 2.24) is 4.90 Å². The molecule has 0 aliphatic carbocycles. The van der Waals surface area contributed by atoms with Gasteiger partial charge >= 0.3 is 6.09 Å². The Morgan fingerprint density at radius 2 is 2.12 bits per heavy atom. The van der Waals surface area contributed by atoms with Gasteiger partial charge in [0.1, 0.15) is 5.75 Å². The zero-order valence-electron chi connectivity index (χ0n) is 8.64. The molecule has 1 amide bonds. The number of nitro benzene ring substituents is 1. The highest BCUT2D eigenvalue weighted by molar-refractivity contribution is 9.10. The third kappa shape index (κ3) is 2.93. The van der Waals surface area contributed by atoms with Crippen molar-refractivity contribution in [2.75, 3.05) is 14.1 Å². The maximum atomic E-state index is 11.2. The number of hydrogen-bond acceptors (Lipinski definition) is 4. The second-order valence-electron chi connectivity index (χ2n) is 3.13. The van der Waals surface area contributed by atoms with Gasteiger partial charge in [-0.1, -0.05) is 0 Å². The molecule has 0 radical (unpaired) electrons. The summed E-state index contributed by atoms with van der Waals surface area (Å²) in [5.41, 5.74) is -0.0727. The van der Waals surface area contributed by atoms with Crippen LogP contribution in [0.15, 0.2) is 22.7 Å². The maximum absolute atomic E-state index is 11.2. The number of benzene rings is 1. The smallest absolute Gasteiger partial charge is 0.409 e. The summed E-state index contributed by atoms with van der Waals surface area (Å²) < 4.78 is 5.32. The highest BCUT2D eigenvalue weighted by atomic mass is 79.9. The molecule has 1 rings (SSSR count). The number of nitro groups is 1. The molecule has 6 nitrogen and oxygen atoms in total. The van der Waals surface area contributed by atoms with Gasteiger partial charge in [0.15, 0.2) is 0 Å². The predicted octanol–water partition coefficient (Wildman–Crippen LogP) is 2.42. The van der Waals surface area contributed by atoms with Gasteiger partial charge in [0.25, 0.3) is 5.69 Å². The number of non-ortho nitro benzene ring substituents is 1. The van der Waals surface area contributed by atoms with Crippen LogP contribution in [0, 0.1) is 10.1 Å². The summed E-state index contributed by atoms with van der Waals surface area (Å²) in [5, 5.41) is 10.5. The highest BCUT2D eigenvalue weighted by Gasteiger charge is 2.13.